The van der Waals surface area contributed by atoms with Crippen LogP contribution in [0.1, 0.15) is 32.3 Å². The summed E-state index contributed by atoms with van der Waals surface area (Å²) in [5.74, 6) is 1.17. The highest BCUT2D eigenvalue weighted by atomic mass is 16.5. The zero-order valence-electron chi connectivity index (χ0n) is 13.1. The first-order valence-corrected chi connectivity index (χ1v) is 7.61. The minimum Gasteiger partial charge on any atom is -0.493 e. The van der Waals surface area contributed by atoms with Gasteiger partial charge in [0.25, 0.3) is 0 Å². The van der Waals surface area contributed by atoms with Gasteiger partial charge in [-0.1, -0.05) is 32.0 Å². The van der Waals surface area contributed by atoms with Gasteiger partial charge < -0.3 is 14.7 Å². The van der Waals surface area contributed by atoms with Crippen LogP contribution in [0.5, 0.6) is 5.75 Å². The molecule has 116 valence electrons. The fraction of sp³-hybridized carbons (Fsp3) is 0.588. The number of para-hydroxylation sites is 1. The highest BCUT2D eigenvalue weighted by Crippen LogP contribution is 2.29. The van der Waals surface area contributed by atoms with Gasteiger partial charge in [0.15, 0.2) is 0 Å². The number of hydrogen-bond acceptors (Lipinski definition) is 3. The maximum atomic E-state index is 12.0. The van der Waals surface area contributed by atoms with Crippen molar-refractivity contribution in [2.45, 2.75) is 39.2 Å². The Morgan fingerprint density at radius 1 is 1.38 bits per heavy atom. The van der Waals surface area contributed by atoms with E-state index in [1.807, 2.05) is 45.0 Å². The van der Waals surface area contributed by atoms with Crippen LogP contribution < -0.4 is 4.74 Å². The van der Waals surface area contributed by atoms with Crippen LogP contribution in [0.2, 0.25) is 0 Å². The highest BCUT2D eigenvalue weighted by Gasteiger charge is 2.45. The van der Waals surface area contributed by atoms with Crippen LogP contribution in [-0.4, -0.2) is 41.2 Å². The smallest absolute Gasteiger partial charge is 0.222 e. The first kappa shape index (κ1) is 15.8. The number of aliphatic hydroxyl groups is 1. The second-order valence-electron chi connectivity index (χ2n) is 6.23. The molecule has 0 unspecified atom stereocenters. The molecule has 1 N–H and O–H groups in total. The number of likely N-dealkylation sites (tertiary alicyclic amines) is 1. The lowest BCUT2D eigenvalue weighted by atomic mass is 9.83. The molecule has 1 heterocycles. The van der Waals surface area contributed by atoms with Crippen LogP contribution in [0.25, 0.3) is 0 Å². The van der Waals surface area contributed by atoms with Crippen molar-refractivity contribution in [2.75, 3.05) is 19.7 Å². The van der Waals surface area contributed by atoms with Gasteiger partial charge in [-0.2, -0.15) is 0 Å². The molecular weight excluding hydrogens is 266 g/mol. The predicted molar refractivity (Wildman–Crippen MR) is 82.3 cm³/mol. The number of aryl methyl sites for hydroxylation is 1. The summed E-state index contributed by atoms with van der Waals surface area (Å²) >= 11 is 0. The summed E-state index contributed by atoms with van der Waals surface area (Å²) in [6.07, 6.45) is 1.17. The van der Waals surface area contributed by atoms with E-state index < -0.39 is 5.60 Å². The van der Waals surface area contributed by atoms with Gasteiger partial charge in [-0.25, -0.2) is 0 Å². The maximum Gasteiger partial charge on any atom is 0.222 e. The molecule has 0 aromatic heterocycles. The summed E-state index contributed by atoms with van der Waals surface area (Å²) in [5.41, 5.74) is 0.418. The molecule has 0 radical (unpaired) electrons. The molecule has 1 saturated heterocycles. The minimum absolute atomic E-state index is 0.105. The Morgan fingerprint density at radius 3 is 2.67 bits per heavy atom. The third-order valence-electron chi connectivity index (χ3n) is 4.24. The van der Waals surface area contributed by atoms with Crippen LogP contribution in [-0.2, 0) is 4.79 Å². The number of nitrogens with zero attached hydrogens (tertiary/aromatic N) is 1. The molecule has 1 fully saturated rings. The second-order valence-corrected chi connectivity index (χ2v) is 6.23. The lowest BCUT2D eigenvalue weighted by Crippen LogP contribution is -2.65. The number of β-amino-alcohol motifs (C(OH)–C–C–N with tert-alkyl or cyclic N) is 1. The van der Waals surface area contributed by atoms with E-state index in [0.717, 1.165) is 11.3 Å². The van der Waals surface area contributed by atoms with Crippen molar-refractivity contribution in [3.05, 3.63) is 29.8 Å². The van der Waals surface area contributed by atoms with Crippen molar-refractivity contribution in [1.82, 2.24) is 4.90 Å². The van der Waals surface area contributed by atoms with Crippen LogP contribution in [0.3, 0.4) is 0 Å². The van der Waals surface area contributed by atoms with Gasteiger partial charge in [-0.05, 0) is 30.9 Å². The Hall–Kier alpha value is -1.55. The molecule has 1 aromatic rings. The van der Waals surface area contributed by atoms with Crippen molar-refractivity contribution >= 4 is 5.91 Å². The van der Waals surface area contributed by atoms with E-state index in [4.69, 9.17) is 4.74 Å². The number of ether oxygens (including phenoxy) is 1. The van der Waals surface area contributed by atoms with Crippen LogP contribution in [0, 0.1) is 12.8 Å². The van der Waals surface area contributed by atoms with Crippen molar-refractivity contribution in [3.8, 4) is 5.75 Å². The third kappa shape index (κ3) is 3.76. The molecule has 0 bridgehead atoms. The normalized spacial score (nSPS) is 16.7. The molecule has 0 saturated carbocycles. The van der Waals surface area contributed by atoms with Gasteiger partial charge in [-0.3, -0.25) is 4.79 Å². The zero-order valence-corrected chi connectivity index (χ0v) is 13.1. The summed E-state index contributed by atoms with van der Waals surface area (Å²) in [7, 11) is 0. The molecule has 2 rings (SSSR count). The van der Waals surface area contributed by atoms with E-state index in [0.29, 0.717) is 32.5 Å². The Balaban J connectivity index is 1.66. The SMILES string of the molecule is Cc1ccccc1OCCCC(=O)N1CC(O)(C(C)C)C1. The Labute approximate surface area is 126 Å². The van der Waals surface area contributed by atoms with Crippen LogP contribution >= 0.6 is 0 Å². The molecule has 4 heteroatoms. The molecular formula is C17H25NO3. The lowest BCUT2D eigenvalue weighted by Gasteiger charge is -2.49. The largest absolute Gasteiger partial charge is 0.493 e. The number of amides is 1. The average Bonchev–Trinajstić information content (AvgIpc) is 2.41. The van der Waals surface area contributed by atoms with Gasteiger partial charge in [0.1, 0.15) is 11.4 Å². The van der Waals surface area contributed by atoms with Gasteiger partial charge in [0.05, 0.1) is 19.7 Å². The topological polar surface area (TPSA) is 49.8 Å². The molecule has 1 aromatic carbocycles. The number of carbonyl (C=O) groups is 1. The van der Waals surface area contributed by atoms with E-state index in [9.17, 15) is 9.90 Å². The summed E-state index contributed by atoms with van der Waals surface area (Å²) in [6, 6.07) is 7.87. The Morgan fingerprint density at radius 2 is 2.05 bits per heavy atom. The van der Waals surface area contributed by atoms with Crippen molar-refractivity contribution in [2.24, 2.45) is 5.92 Å². The number of hydrogen-bond donors (Lipinski definition) is 1. The highest BCUT2D eigenvalue weighted by molar-refractivity contribution is 5.77. The number of rotatable bonds is 6. The third-order valence-corrected chi connectivity index (χ3v) is 4.24. The van der Waals surface area contributed by atoms with Crippen molar-refractivity contribution in [3.63, 3.8) is 0 Å². The van der Waals surface area contributed by atoms with Crippen LogP contribution in [0.4, 0.5) is 0 Å². The van der Waals surface area contributed by atoms with E-state index in [-0.39, 0.29) is 11.8 Å². The molecule has 0 atom stereocenters. The second kappa shape index (κ2) is 6.48. The fourth-order valence-electron chi connectivity index (χ4n) is 2.44. The standard InChI is InChI=1S/C17H25NO3/c1-13(2)17(20)11-18(12-17)16(19)9-6-10-21-15-8-5-4-7-14(15)3/h4-5,7-8,13,20H,6,9-12H2,1-3H3. The zero-order chi connectivity index (χ0) is 15.5. The van der Waals surface area contributed by atoms with E-state index in [1.165, 1.54) is 0 Å². The first-order valence-electron chi connectivity index (χ1n) is 7.61. The first-order chi connectivity index (χ1) is 9.92. The van der Waals surface area contributed by atoms with E-state index >= 15 is 0 Å². The van der Waals surface area contributed by atoms with Crippen molar-refractivity contribution < 1.29 is 14.6 Å². The van der Waals surface area contributed by atoms with Crippen LogP contribution in [0.15, 0.2) is 24.3 Å². The molecule has 4 nitrogen and oxygen atoms in total. The summed E-state index contributed by atoms with van der Waals surface area (Å²) in [4.78, 5) is 13.7. The average molecular weight is 291 g/mol. The molecule has 0 aliphatic carbocycles. The van der Waals surface area contributed by atoms with E-state index in [2.05, 4.69) is 0 Å². The van der Waals surface area contributed by atoms with Gasteiger partial charge in [0.2, 0.25) is 5.91 Å². The van der Waals surface area contributed by atoms with Crippen molar-refractivity contribution in [1.29, 1.82) is 0 Å². The van der Waals surface area contributed by atoms with Gasteiger partial charge in [0, 0.05) is 6.42 Å². The van der Waals surface area contributed by atoms with E-state index in [1.54, 1.807) is 4.90 Å². The maximum absolute atomic E-state index is 12.0. The monoisotopic (exact) mass is 291 g/mol. The predicted octanol–water partition coefficient (Wildman–Crippen LogP) is 2.38. The minimum atomic E-state index is -0.687. The Kier molecular flexibility index (Phi) is 4.88. The quantitative estimate of drug-likeness (QED) is 0.819. The summed E-state index contributed by atoms with van der Waals surface area (Å²) in [6.45, 7) is 7.44. The summed E-state index contributed by atoms with van der Waals surface area (Å²) in [5, 5.41) is 10.1. The molecule has 1 amide bonds. The fourth-order valence-corrected chi connectivity index (χ4v) is 2.44. The molecule has 1 aliphatic rings. The van der Waals surface area contributed by atoms with Gasteiger partial charge in [-0.15, -0.1) is 0 Å². The summed E-state index contributed by atoms with van der Waals surface area (Å²) < 4.78 is 5.68. The molecule has 1 aliphatic heterocycles. The molecule has 21 heavy (non-hydrogen) atoms. The van der Waals surface area contributed by atoms with Gasteiger partial charge >= 0.3 is 0 Å². The Bertz CT molecular complexity index is 493. The molecule has 0 spiro atoms. The number of benzene rings is 1. The lowest BCUT2D eigenvalue weighted by molar-refractivity contribution is -0.163. The number of carbonyl (C=O) groups excluding carboxylic acids is 1.